The van der Waals surface area contributed by atoms with Crippen LogP contribution in [0.5, 0.6) is 0 Å². The molecule has 2 heteroatoms. The number of hydrogen-bond acceptors (Lipinski definition) is 2. The normalized spacial score (nSPS) is 36.9. The Bertz CT molecular complexity index is 375. The van der Waals surface area contributed by atoms with Gasteiger partial charge in [-0.25, -0.2) is 0 Å². The van der Waals surface area contributed by atoms with E-state index in [0.717, 1.165) is 6.42 Å². The van der Waals surface area contributed by atoms with Gasteiger partial charge in [0.15, 0.2) is 0 Å². The Morgan fingerprint density at radius 1 is 1.07 bits per heavy atom. The van der Waals surface area contributed by atoms with Crippen molar-refractivity contribution in [3.05, 3.63) is 35.4 Å². The molecule has 0 N–H and O–H groups in total. The van der Waals surface area contributed by atoms with E-state index in [4.69, 9.17) is 9.47 Å². The summed E-state index contributed by atoms with van der Waals surface area (Å²) in [6, 6.07) is 8.68. The second-order valence-electron chi connectivity index (χ2n) is 4.47. The van der Waals surface area contributed by atoms with Gasteiger partial charge in [-0.1, -0.05) is 24.3 Å². The summed E-state index contributed by atoms with van der Waals surface area (Å²) in [6.45, 7) is 0. The molecule has 2 aliphatic carbocycles. The zero-order chi connectivity index (χ0) is 10.4. The van der Waals surface area contributed by atoms with E-state index in [0.29, 0.717) is 24.0 Å². The van der Waals surface area contributed by atoms with Crippen LogP contribution >= 0.6 is 0 Å². The number of benzene rings is 1. The molecule has 0 aliphatic heterocycles. The van der Waals surface area contributed by atoms with E-state index in [1.807, 2.05) is 7.11 Å². The van der Waals surface area contributed by atoms with Crippen LogP contribution in [0.1, 0.15) is 29.4 Å². The molecule has 80 valence electrons. The van der Waals surface area contributed by atoms with Crippen molar-refractivity contribution >= 4 is 0 Å². The largest absolute Gasteiger partial charge is 0.381 e. The number of ether oxygens (including phenoxy) is 2. The summed E-state index contributed by atoms with van der Waals surface area (Å²) < 4.78 is 11.2. The molecule has 0 unspecified atom stereocenters. The molecule has 1 aromatic carbocycles. The first-order valence-electron chi connectivity index (χ1n) is 5.51. The van der Waals surface area contributed by atoms with Crippen LogP contribution in [-0.4, -0.2) is 26.4 Å². The van der Waals surface area contributed by atoms with Crippen molar-refractivity contribution < 1.29 is 9.47 Å². The molecule has 1 saturated carbocycles. The van der Waals surface area contributed by atoms with Gasteiger partial charge in [0.1, 0.15) is 0 Å². The van der Waals surface area contributed by atoms with Crippen molar-refractivity contribution in [3.8, 4) is 0 Å². The minimum Gasteiger partial charge on any atom is -0.381 e. The van der Waals surface area contributed by atoms with Gasteiger partial charge in [0, 0.05) is 26.1 Å². The van der Waals surface area contributed by atoms with Crippen LogP contribution in [-0.2, 0) is 9.47 Å². The lowest BCUT2D eigenvalue weighted by Gasteiger charge is -2.22. The summed E-state index contributed by atoms with van der Waals surface area (Å²) >= 11 is 0. The second-order valence-corrected chi connectivity index (χ2v) is 4.47. The van der Waals surface area contributed by atoms with Gasteiger partial charge < -0.3 is 9.47 Å². The number of hydrogen-bond donors (Lipinski definition) is 0. The Morgan fingerprint density at radius 3 is 2.47 bits per heavy atom. The standard InChI is InChI=1S/C13H16O2/c1-14-11-7-10-8-5-3-4-6-9(8)12(11)13(10)15-2/h3-6,10-13H,7H2,1-2H3/t10-,11+,12-,13+/m1/s1. The summed E-state index contributed by atoms with van der Waals surface area (Å²) in [7, 11) is 3.62. The maximum absolute atomic E-state index is 5.63. The Morgan fingerprint density at radius 2 is 1.80 bits per heavy atom. The number of fused-ring (bicyclic) bond motifs is 5. The van der Waals surface area contributed by atoms with E-state index in [2.05, 4.69) is 24.3 Å². The molecule has 4 atom stereocenters. The third kappa shape index (κ3) is 1.12. The van der Waals surface area contributed by atoms with Crippen LogP contribution in [0.3, 0.4) is 0 Å². The third-order valence-electron chi connectivity index (χ3n) is 3.97. The first-order chi connectivity index (χ1) is 7.36. The Balaban J connectivity index is 2.07. The third-order valence-corrected chi connectivity index (χ3v) is 3.97. The molecule has 2 nitrogen and oxygen atoms in total. The highest BCUT2D eigenvalue weighted by molar-refractivity contribution is 5.45. The van der Waals surface area contributed by atoms with Crippen LogP contribution in [0.25, 0.3) is 0 Å². The SMILES string of the molecule is CO[C@@H]1[C@@H]2c3ccccc3[C@H]1C[C@@H]2OC. The fourth-order valence-corrected chi connectivity index (χ4v) is 3.38. The van der Waals surface area contributed by atoms with E-state index < -0.39 is 0 Å². The predicted molar refractivity (Wildman–Crippen MR) is 58.1 cm³/mol. The average molecular weight is 204 g/mol. The summed E-state index contributed by atoms with van der Waals surface area (Å²) in [5, 5.41) is 0. The maximum Gasteiger partial charge on any atom is 0.0734 e. The van der Waals surface area contributed by atoms with Crippen LogP contribution < -0.4 is 0 Å². The van der Waals surface area contributed by atoms with Gasteiger partial charge in [-0.2, -0.15) is 0 Å². The second kappa shape index (κ2) is 3.32. The molecule has 1 fully saturated rings. The Hall–Kier alpha value is -0.860. The Labute approximate surface area is 90.2 Å². The molecule has 0 amide bonds. The van der Waals surface area contributed by atoms with Gasteiger partial charge >= 0.3 is 0 Å². The molecule has 1 aromatic rings. The minimum atomic E-state index is 0.326. The molecule has 3 rings (SSSR count). The first-order valence-corrected chi connectivity index (χ1v) is 5.51. The molecule has 0 radical (unpaired) electrons. The van der Waals surface area contributed by atoms with E-state index in [1.165, 1.54) is 11.1 Å². The molecule has 15 heavy (non-hydrogen) atoms. The predicted octanol–water partition coefficient (Wildman–Crippen LogP) is 2.30. The van der Waals surface area contributed by atoms with Crippen molar-refractivity contribution in [1.29, 1.82) is 0 Å². The van der Waals surface area contributed by atoms with Crippen LogP contribution in [0.2, 0.25) is 0 Å². The van der Waals surface area contributed by atoms with Crippen molar-refractivity contribution in [3.63, 3.8) is 0 Å². The fourth-order valence-electron chi connectivity index (χ4n) is 3.38. The smallest absolute Gasteiger partial charge is 0.0734 e. The number of methoxy groups -OCH3 is 2. The summed E-state index contributed by atoms with van der Waals surface area (Å²) in [5.41, 5.74) is 2.91. The molecule has 0 aromatic heterocycles. The lowest BCUT2D eigenvalue weighted by atomic mass is 9.90. The Kier molecular flexibility index (Phi) is 2.08. The summed E-state index contributed by atoms with van der Waals surface area (Å²) in [6.07, 6.45) is 1.78. The molecule has 2 bridgehead atoms. The minimum absolute atomic E-state index is 0.326. The highest BCUT2D eigenvalue weighted by Crippen LogP contribution is 2.55. The van der Waals surface area contributed by atoms with Gasteiger partial charge in [-0.15, -0.1) is 0 Å². The van der Waals surface area contributed by atoms with Crippen molar-refractivity contribution in [1.82, 2.24) is 0 Å². The lowest BCUT2D eigenvalue weighted by Crippen LogP contribution is -2.21. The zero-order valence-corrected chi connectivity index (χ0v) is 9.14. The van der Waals surface area contributed by atoms with Crippen LogP contribution in [0.15, 0.2) is 24.3 Å². The van der Waals surface area contributed by atoms with Crippen molar-refractivity contribution in [2.24, 2.45) is 0 Å². The van der Waals surface area contributed by atoms with E-state index in [-0.39, 0.29) is 0 Å². The van der Waals surface area contributed by atoms with E-state index in [1.54, 1.807) is 7.11 Å². The topological polar surface area (TPSA) is 18.5 Å². The summed E-state index contributed by atoms with van der Waals surface area (Å²) in [5.74, 6) is 0.988. The van der Waals surface area contributed by atoms with Crippen LogP contribution in [0, 0.1) is 0 Å². The highest BCUT2D eigenvalue weighted by Gasteiger charge is 2.51. The molecule has 0 saturated heterocycles. The number of rotatable bonds is 2. The molecule has 2 aliphatic rings. The van der Waals surface area contributed by atoms with Gasteiger partial charge in [0.05, 0.1) is 12.2 Å². The maximum atomic E-state index is 5.63. The van der Waals surface area contributed by atoms with Crippen molar-refractivity contribution in [2.45, 2.75) is 30.5 Å². The zero-order valence-electron chi connectivity index (χ0n) is 9.14. The van der Waals surface area contributed by atoms with Gasteiger partial charge in [-0.05, 0) is 17.5 Å². The molecule has 0 spiro atoms. The first kappa shape index (κ1) is 9.37. The monoisotopic (exact) mass is 204 g/mol. The quantitative estimate of drug-likeness (QED) is 0.736. The van der Waals surface area contributed by atoms with E-state index in [9.17, 15) is 0 Å². The lowest BCUT2D eigenvalue weighted by molar-refractivity contribution is 0.0487. The average Bonchev–Trinajstić information content (AvgIpc) is 2.81. The van der Waals surface area contributed by atoms with Crippen LogP contribution in [0.4, 0.5) is 0 Å². The summed E-state index contributed by atoms with van der Waals surface area (Å²) in [4.78, 5) is 0. The van der Waals surface area contributed by atoms with Gasteiger partial charge in [0.2, 0.25) is 0 Å². The van der Waals surface area contributed by atoms with Crippen molar-refractivity contribution in [2.75, 3.05) is 14.2 Å². The van der Waals surface area contributed by atoms with E-state index >= 15 is 0 Å². The molecular weight excluding hydrogens is 188 g/mol. The van der Waals surface area contributed by atoms with Gasteiger partial charge in [0.25, 0.3) is 0 Å². The fraction of sp³-hybridized carbons (Fsp3) is 0.538. The van der Waals surface area contributed by atoms with Gasteiger partial charge in [-0.3, -0.25) is 0 Å². The highest BCUT2D eigenvalue weighted by atomic mass is 16.5. The molecule has 0 heterocycles. The molecular formula is C13H16O2.